The first kappa shape index (κ1) is 17.2. The molecule has 28 heavy (non-hydrogen) atoms. The van der Waals surface area contributed by atoms with Gasteiger partial charge in [0.15, 0.2) is 11.5 Å². The molecule has 1 fully saturated rings. The number of β-amino-alcohol motifs (C(OH)–C–C–N with tert-alkyl or cyclic N) is 1. The third-order valence-electron chi connectivity index (χ3n) is 5.13. The van der Waals surface area contributed by atoms with Gasteiger partial charge in [0.1, 0.15) is 23.2 Å². The molecule has 0 radical (unpaired) electrons. The molecule has 3 aromatic heterocycles. The Kier molecular flexibility index (Phi) is 4.07. The number of anilines is 3. The van der Waals surface area contributed by atoms with Gasteiger partial charge in [0, 0.05) is 13.1 Å². The van der Waals surface area contributed by atoms with Gasteiger partial charge in [-0.1, -0.05) is 23.7 Å². The molecule has 1 atom stereocenters. The van der Waals surface area contributed by atoms with Crippen LogP contribution < -0.4 is 10.2 Å². The van der Waals surface area contributed by atoms with E-state index in [4.69, 9.17) is 21.6 Å². The van der Waals surface area contributed by atoms with Crippen LogP contribution in [0.2, 0.25) is 5.02 Å². The minimum absolute atomic E-state index is 0.297. The average molecular weight is 395 g/mol. The number of imidazole rings is 1. The first-order valence-corrected chi connectivity index (χ1v) is 9.56. The number of benzene rings is 1. The van der Waals surface area contributed by atoms with Crippen molar-refractivity contribution in [1.82, 2.24) is 19.4 Å². The normalized spacial score (nSPS) is 17.0. The Morgan fingerprint density at radius 2 is 2.11 bits per heavy atom. The number of rotatable bonds is 3. The third-order valence-corrected chi connectivity index (χ3v) is 5.45. The number of aromatic nitrogens is 4. The van der Waals surface area contributed by atoms with Gasteiger partial charge >= 0.3 is 0 Å². The van der Waals surface area contributed by atoms with E-state index < -0.39 is 0 Å². The van der Waals surface area contributed by atoms with Gasteiger partial charge in [0.2, 0.25) is 0 Å². The van der Waals surface area contributed by atoms with Crippen molar-refractivity contribution in [3.63, 3.8) is 0 Å². The van der Waals surface area contributed by atoms with Gasteiger partial charge in [-0.3, -0.25) is 4.40 Å². The molecular weight excluding hydrogens is 376 g/mol. The molecule has 5 rings (SSSR count). The van der Waals surface area contributed by atoms with E-state index in [9.17, 15) is 5.11 Å². The zero-order valence-corrected chi connectivity index (χ0v) is 16.1. The first-order chi connectivity index (χ1) is 13.6. The number of hydrogen-bond acceptors (Lipinski definition) is 6. The molecule has 1 aliphatic rings. The average Bonchev–Trinajstić information content (AvgIpc) is 3.34. The van der Waals surface area contributed by atoms with E-state index in [-0.39, 0.29) is 6.10 Å². The van der Waals surface area contributed by atoms with Gasteiger partial charge in [0.05, 0.1) is 23.0 Å². The topological polar surface area (TPSA) is 78.6 Å². The van der Waals surface area contributed by atoms with Crippen LogP contribution in [-0.4, -0.2) is 43.7 Å². The van der Waals surface area contributed by atoms with Crippen LogP contribution in [0.1, 0.15) is 12.0 Å². The van der Waals surface area contributed by atoms with Gasteiger partial charge in [-0.25, -0.2) is 15.0 Å². The van der Waals surface area contributed by atoms with Crippen LogP contribution in [0.4, 0.5) is 17.3 Å². The van der Waals surface area contributed by atoms with Crippen molar-refractivity contribution in [2.24, 2.45) is 0 Å². The summed E-state index contributed by atoms with van der Waals surface area (Å²) in [7, 11) is 0. The number of fused-ring (bicyclic) bond motifs is 3. The summed E-state index contributed by atoms with van der Waals surface area (Å²) in [6.45, 7) is 3.40. The summed E-state index contributed by atoms with van der Waals surface area (Å²) < 4.78 is 1.92. The number of aliphatic hydroxyl groups is 1. The Balaban J connectivity index is 1.62. The van der Waals surface area contributed by atoms with Gasteiger partial charge in [-0.15, -0.1) is 0 Å². The second-order valence-electron chi connectivity index (χ2n) is 7.07. The monoisotopic (exact) mass is 394 g/mol. The van der Waals surface area contributed by atoms with E-state index >= 15 is 0 Å². The van der Waals surface area contributed by atoms with E-state index in [0.717, 1.165) is 46.7 Å². The Morgan fingerprint density at radius 1 is 1.21 bits per heavy atom. The molecule has 0 bridgehead atoms. The van der Waals surface area contributed by atoms with Crippen molar-refractivity contribution in [2.45, 2.75) is 19.4 Å². The summed E-state index contributed by atoms with van der Waals surface area (Å²) in [6, 6.07) is 9.67. The first-order valence-electron chi connectivity index (χ1n) is 9.18. The molecule has 8 heteroatoms. The summed E-state index contributed by atoms with van der Waals surface area (Å²) in [5, 5.41) is 13.8. The molecule has 0 saturated carbocycles. The van der Waals surface area contributed by atoms with Crippen LogP contribution in [-0.2, 0) is 0 Å². The maximum atomic E-state index is 9.82. The van der Waals surface area contributed by atoms with Gasteiger partial charge in [-0.05, 0) is 37.1 Å². The molecule has 2 N–H and O–H groups in total. The van der Waals surface area contributed by atoms with E-state index in [1.807, 2.05) is 41.7 Å². The molecule has 0 aliphatic carbocycles. The van der Waals surface area contributed by atoms with Crippen molar-refractivity contribution in [3.05, 3.63) is 53.4 Å². The Hall–Kier alpha value is -2.90. The van der Waals surface area contributed by atoms with Gasteiger partial charge in [0.25, 0.3) is 0 Å². The maximum Gasteiger partial charge on any atom is 0.166 e. The highest BCUT2D eigenvalue weighted by atomic mass is 35.5. The minimum atomic E-state index is -0.297. The molecule has 0 amide bonds. The second-order valence-corrected chi connectivity index (χ2v) is 7.47. The lowest BCUT2D eigenvalue weighted by atomic mass is 10.2. The number of aliphatic hydroxyl groups excluding tert-OH is 1. The molecule has 1 saturated heterocycles. The zero-order chi connectivity index (χ0) is 19.3. The Morgan fingerprint density at radius 3 is 2.89 bits per heavy atom. The predicted molar refractivity (Wildman–Crippen MR) is 111 cm³/mol. The lowest BCUT2D eigenvalue weighted by Crippen LogP contribution is -2.22. The lowest BCUT2D eigenvalue weighted by Gasteiger charge is -2.18. The SMILES string of the molecule is Cc1cccc(Cl)c1Nc1nc2ccc(N3CC[C@H](O)C3)nc2n2cncc12. The van der Waals surface area contributed by atoms with Crippen molar-refractivity contribution in [2.75, 3.05) is 23.3 Å². The Labute approximate surface area is 166 Å². The molecule has 1 aromatic carbocycles. The fraction of sp³-hybridized carbons (Fsp3) is 0.250. The van der Waals surface area contributed by atoms with E-state index in [0.29, 0.717) is 17.4 Å². The number of nitrogens with zero attached hydrogens (tertiary/aromatic N) is 5. The van der Waals surface area contributed by atoms with Crippen LogP contribution in [0.25, 0.3) is 16.7 Å². The predicted octanol–water partition coefficient (Wildman–Crippen LogP) is 3.55. The van der Waals surface area contributed by atoms with Crippen molar-refractivity contribution in [1.29, 1.82) is 0 Å². The molecule has 4 aromatic rings. The van der Waals surface area contributed by atoms with Crippen LogP contribution in [0.3, 0.4) is 0 Å². The molecule has 0 spiro atoms. The lowest BCUT2D eigenvalue weighted by molar-refractivity contribution is 0.198. The van der Waals surface area contributed by atoms with E-state index in [1.54, 1.807) is 12.5 Å². The van der Waals surface area contributed by atoms with Crippen LogP contribution in [0.5, 0.6) is 0 Å². The van der Waals surface area contributed by atoms with Crippen LogP contribution >= 0.6 is 11.6 Å². The Bertz CT molecular complexity index is 1170. The fourth-order valence-electron chi connectivity index (χ4n) is 3.64. The largest absolute Gasteiger partial charge is 0.391 e. The van der Waals surface area contributed by atoms with E-state index in [1.165, 1.54) is 0 Å². The van der Waals surface area contributed by atoms with Crippen LogP contribution in [0, 0.1) is 6.92 Å². The standard InChI is InChI=1S/C20H19ClN6O/c1-12-3-2-4-14(21)18(12)25-19-16-9-22-11-27(16)20-15(23-19)5-6-17(24-20)26-8-7-13(28)10-26/h2-6,9,11,13,28H,7-8,10H2,1H3,(H,23,25)/t13-/m0/s1. The highest BCUT2D eigenvalue weighted by Gasteiger charge is 2.22. The summed E-state index contributed by atoms with van der Waals surface area (Å²) >= 11 is 6.38. The molecule has 1 aliphatic heterocycles. The highest BCUT2D eigenvalue weighted by molar-refractivity contribution is 6.33. The van der Waals surface area contributed by atoms with Crippen molar-refractivity contribution < 1.29 is 5.11 Å². The van der Waals surface area contributed by atoms with Crippen molar-refractivity contribution in [3.8, 4) is 0 Å². The maximum absolute atomic E-state index is 9.82. The fourth-order valence-corrected chi connectivity index (χ4v) is 3.91. The summed E-state index contributed by atoms with van der Waals surface area (Å²) in [5.41, 5.74) is 4.16. The molecular formula is C20H19ClN6O. The second kappa shape index (κ2) is 6.61. The zero-order valence-electron chi connectivity index (χ0n) is 15.3. The van der Waals surface area contributed by atoms with Gasteiger partial charge in [-0.2, -0.15) is 0 Å². The summed E-state index contributed by atoms with van der Waals surface area (Å²) in [4.78, 5) is 16.0. The number of hydrogen-bond donors (Lipinski definition) is 2. The third kappa shape index (κ3) is 2.83. The minimum Gasteiger partial charge on any atom is -0.391 e. The smallest absolute Gasteiger partial charge is 0.166 e. The molecule has 142 valence electrons. The highest BCUT2D eigenvalue weighted by Crippen LogP contribution is 2.31. The number of nitrogens with one attached hydrogen (secondary N) is 1. The van der Waals surface area contributed by atoms with E-state index in [2.05, 4.69) is 15.2 Å². The number of pyridine rings is 1. The van der Waals surface area contributed by atoms with Crippen LogP contribution in [0.15, 0.2) is 42.9 Å². The number of halogens is 1. The molecule has 4 heterocycles. The molecule has 7 nitrogen and oxygen atoms in total. The number of para-hydroxylation sites is 1. The quantitative estimate of drug-likeness (QED) is 0.553. The summed E-state index contributed by atoms with van der Waals surface area (Å²) in [5.74, 6) is 1.51. The number of aryl methyl sites for hydroxylation is 1. The molecule has 0 unspecified atom stereocenters. The van der Waals surface area contributed by atoms with Crippen molar-refractivity contribution >= 4 is 45.6 Å². The summed E-state index contributed by atoms with van der Waals surface area (Å²) in [6.07, 6.45) is 3.96. The van der Waals surface area contributed by atoms with Gasteiger partial charge < -0.3 is 15.3 Å².